The summed E-state index contributed by atoms with van der Waals surface area (Å²) in [5, 5.41) is 2.88. The van der Waals surface area contributed by atoms with Gasteiger partial charge in [-0.1, -0.05) is 32.0 Å². The van der Waals surface area contributed by atoms with E-state index in [0.717, 1.165) is 5.56 Å². The zero-order valence-electron chi connectivity index (χ0n) is 11.7. The van der Waals surface area contributed by atoms with Gasteiger partial charge in [0, 0.05) is 24.7 Å². The van der Waals surface area contributed by atoms with Crippen molar-refractivity contribution < 1.29 is 9.53 Å². The van der Waals surface area contributed by atoms with E-state index in [-0.39, 0.29) is 11.8 Å². The van der Waals surface area contributed by atoms with Crippen LogP contribution in [0.3, 0.4) is 0 Å². The predicted molar refractivity (Wildman–Crippen MR) is 77.4 cm³/mol. The molecule has 0 fully saturated rings. The van der Waals surface area contributed by atoms with Crippen LogP contribution in [0.25, 0.3) is 0 Å². The molecule has 1 heterocycles. The number of hydrogen-bond acceptors (Lipinski definition) is 3. The third kappa shape index (κ3) is 4.09. The van der Waals surface area contributed by atoms with Gasteiger partial charge in [-0.15, -0.1) is 0 Å². The Morgan fingerprint density at radius 1 is 1.25 bits per heavy atom. The molecule has 0 radical (unpaired) electrons. The van der Waals surface area contributed by atoms with Crippen LogP contribution >= 0.6 is 0 Å². The maximum absolute atomic E-state index is 11.5. The first-order chi connectivity index (χ1) is 9.65. The van der Waals surface area contributed by atoms with Crippen molar-refractivity contribution in [2.24, 2.45) is 5.92 Å². The molecule has 2 rings (SSSR count). The van der Waals surface area contributed by atoms with Crippen LogP contribution in [0.4, 0.5) is 0 Å². The van der Waals surface area contributed by atoms with Gasteiger partial charge in [-0.2, -0.15) is 0 Å². The number of amides is 1. The van der Waals surface area contributed by atoms with Crippen LogP contribution in [0.5, 0.6) is 11.6 Å². The zero-order valence-corrected chi connectivity index (χ0v) is 11.7. The third-order valence-corrected chi connectivity index (χ3v) is 2.75. The van der Waals surface area contributed by atoms with Gasteiger partial charge in [-0.25, -0.2) is 4.98 Å². The molecule has 1 aromatic heterocycles. The van der Waals surface area contributed by atoms with Crippen molar-refractivity contribution in [2.45, 2.75) is 20.4 Å². The summed E-state index contributed by atoms with van der Waals surface area (Å²) in [6.07, 6.45) is 1.68. The fourth-order valence-corrected chi connectivity index (χ4v) is 1.64. The molecule has 0 saturated carbocycles. The molecule has 1 amide bonds. The largest absolute Gasteiger partial charge is 0.439 e. The second kappa shape index (κ2) is 6.70. The summed E-state index contributed by atoms with van der Waals surface area (Å²) in [7, 11) is 0. The summed E-state index contributed by atoms with van der Waals surface area (Å²) in [5.41, 5.74) is 0.993. The molecule has 0 unspecified atom stereocenters. The van der Waals surface area contributed by atoms with Crippen LogP contribution < -0.4 is 10.1 Å². The highest BCUT2D eigenvalue weighted by Crippen LogP contribution is 2.19. The SMILES string of the molecule is CC(C)C(=O)NCc1cccc(Oc2ccccn2)c1. The molecule has 0 saturated heterocycles. The zero-order chi connectivity index (χ0) is 14.4. The van der Waals surface area contributed by atoms with Crippen molar-refractivity contribution in [2.75, 3.05) is 0 Å². The Kier molecular flexibility index (Phi) is 4.71. The van der Waals surface area contributed by atoms with Crippen molar-refractivity contribution >= 4 is 5.91 Å². The molecule has 0 spiro atoms. The quantitative estimate of drug-likeness (QED) is 0.908. The number of carbonyl (C=O) groups is 1. The van der Waals surface area contributed by atoms with E-state index in [9.17, 15) is 4.79 Å². The molecule has 1 N–H and O–H groups in total. The Labute approximate surface area is 118 Å². The number of hydrogen-bond donors (Lipinski definition) is 1. The lowest BCUT2D eigenvalue weighted by atomic mass is 10.2. The fraction of sp³-hybridized carbons (Fsp3) is 0.250. The number of nitrogens with one attached hydrogen (secondary N) is 1. The molecule has 1 aromatic carbocycles. The summed E-state index contributed by atoms with van der Waals surface area (Å²) in [6.45, 7) is 4.24. The van der Waals surface area contributed by atoms with Crippen molar-refractivity contribution in [1.29, 1.82) is 0 Å². The minimum atomic E-state index is -0.0112. The number of nitrogens with zero attached hydrogens (tertiary/aromatic N) is 1. The van der Waals surface area contributed by atoms with Crippen LogP contribution in [-0.4, -0.2) is 10.9 Å². The number of ether oxygens (including phenoxy) is 1. The molecule has 0 atom stereocenters. The molecule has 0 aliphatic carbocycles. The Bertz CT molecular complexity index is 568. The highest BCUT2D eigenvalue weighted by molar-refractivity contribution is 5.77. The van der Waals surface area contributed by atoms with E-state index in [1.54, 1.807) is 12.3 Å². The first-order valence-electron chi connectivity index (χ1n) is 6.60. The van der Waals surface area contributed by atoms with Gasteiger partial charge < -0.3 is 10.1 Å². The van der Waals surface area contributed by atoms with Gasteiger partial charge in [0.05, 0.1) is 0 Å². The smallest absolute Gasteiger partial charge is 0.222 e. The van der Waals surface area contributed by atoms with Crippen molar-refractivity contribution in [3.63, 3.8) is 0 Å². The van der Waals surface area contributed by atoms with Crippen LogP contribution in [-0.2, 0) is 11.3 Å². The molecule has 20 heavy (non-hydrogen) atoms. The van der Waals surface area contributed by atoms with E-state index >= 15 is 0 Å². The van der Waals surface area contributed by atoms with Gasteiger partial charge in [-0.3, -0.25) is 4.79 Å². The van der Waals surface area contributed by atoms with Crippen molar-refractivity contribution in [3.8, 4) is 11.6 Å². The summed E-state index contributed by atoms with van der Waals surface area (Å²) in [5.74, 6) is 1.29. The van der Waals surface area contributed by atoms with E-state index < -0.39 is 0 Å². The molecule has 4 nitrogen and oxygen atoms in total. The lowest BCUT2D eigenvalue weighted by molar-refractivity contribution is -0.124. The van der Waals surface area contributed by atoms with Gasteiger partial charge in [0.15, 0.2) is 0 Å². The Morgan fingerprint density at radius 2 is 2.10 bits per heavy atom. The lowest BCUT2D eigenvalue weighted by Crippen LogP contribution is -2.27. The topological polar surface area (TPSA) is 51.2 Å². The van der Waals surface area contributed by atoms with Crippen molar-refractivity contribution in [3.05, 3.63) is 54.2 Å². The lowest BCUT2D eigenvalue weighted by Gasteiger charge is -2.09. The number of pyridine rings is 1. The molecular weight excluding hydrogens is 252 g/mol. The maximum atomic E-state index is 11.5. The number of benzene rings is 1. The van der Waals surface area contributed by atoms with Crippen LogP contribution in [0, 0.1) is 5.92 Å². The molecule has 2 aromatic rings. The molecular formula is C16H18N2O2. The first-order valence-corrected chi connectivity index (χ1v) is 6.60. The fourth-order valence-electron chi connectivity index (χ4n) is 1.64. The van der Waals surface area contributed by atoms with Crippen LogP contribution in [0.1, 0.15) is 19.4 Å². The second-order valence-electron chi connectivity index (χ2n) is 4.79. The maximum Gasteiger partial charge on any atom is 0.222 e. The first kappa shape index (κ1) is 14.1. The molecule has 0 bridgehead atoms. The highest BCUT2D eigenvalue weighted by Gasteiger charge is 2.06. The Morgan fingerprint density at radius 3 is 2.80 bits per heavy atom. The van der Waals surface area contributed by atoms with Gasteiger partial charge in [0.2, 0.25) is 11.8 Å². The highest BCUT2D eigenvalue weighted by atomic mass is 16.5. The minimum Gasteiger partial charge on any atom is -0.439 e. The van der Waals surface area contributed by atoms with Gasteiger partial charge in [-0.05, 0) is 23.8 Å². The van der Waals surface area contributed by atoms with Gasteiger partial charge >= 0.3 is 0 Å². The monoisotopic (exact) mass is 270 g/mol. The van der Waals surface area contributed by atoms with E-state index in [4.69, 9.17) is 4.74 Å². The molecule has 4 heteroatoms. The van der Waals surface area contributed by atoms with E-state index in [1.165, 1.54) is 0 Å². The number of aromatic nitrogens is 1. The van der Waals surface area contributed by atoms with Gasteiger partial charge in [0.1, 0.15) is 5.75 Å². The Balaban J connectivity index is 1.99. The second-order valence-corrected chi connectivity index (χ2v) is 4.79. The van der Waals surface area contributed by atoms with Crippen LogP contribution in [0.15, 0.2) is 48.7 Å². The van der Waals surface area contributed by atoms with Gasteiger partial charge in [0.25, 0.3) is 0 Å². The minimum absolute atomic E-state index is 0.0112. The number of carbonyl (C=O) groups excluding carboxylic acids is 1. The third-order valence-electron chi connectivity index (χ3n) is 2.75. The average molecular weight is 270 g/mol. The predicted octanol–water partition coefficient (Wildman–Crippen LogP) is 3.15. The number of rotatable bonds is 5. The normalized spacial score (nSPS) is 10.3. The summed E-state index contributed by atoms with van der Waals surface area (Å²) in [6, 6.07) is 13.1. The standard InChI is InChI=1S/C16H18N2O2/c1-12(2)16(19)18-11-13-6-5-7-14(10-13)20-15-8-3-4-9-17-15/h3-10,12H,11H2,1-2H3,(H,18,19). The summed E-state index contributed by atoms with van der Waals surface area (Å²) in [4.78, 5) is 15.6. The summed E-state index contributed by atoms with van der Waals surface area (Å²) < 4.78 is 5.65. The molecule has 104 valence electrons. The summed E-state index contributed by atoms with van der Waals surface area (Å²) >= 11 is 0. The average Bonchev–Trinajstić information content (AvgIpc) is 2.46. The van der Waals surface area contributed by atoms with Crippen LogP contribution in [0.2, 0.25) is 0 Å². The molecule has 0 aliphatic heterocycles. The van der Waals surface area contributed by atoms with E-state index in [2.05, 4.69) is 10.3 Å². The van der Waals surface area contributed by atoms with E-state index in [0.29, 0.717) is 18.2 Å². The van der Waals surface area contributed by atoms with E-state index in [1.807, 2.05) is 50.2 Å². The molecule has 0 aliphatic rings. The Hall–Kier alpha value is -2.36. The van der Waals surface area contributed by atoms with Crippen molar-refractivity contribution in [1.82, 2.24) is 10.3 Å².